The Morgan fingerprint density at radius 2 is 2.10 bits per heavy atom. The van der Waals surface area contributed by atoms with Crippen LogP contribution in [0, 0.1) is 0 Å². The summed E-state index contributed by atoms with van der Waals surface area (Å²) in [4.78, 5) is 4.23. The summed E-state index contributed by atoms with van der Waals surface area (Å²) in [5.74, 6) is 2.16. The van der Waals surface area contributed by atoms with Crippen molar-refractivity contribution in [2.75, 3.05) is 18.1 Å². The van der Waals surface area contributed by atoms with E-state index in [1.807, 2.05) is 30.4 Å². The molecular weight excluding hydrogens is 325 g/mol. The smallest absolute Gasteiger partial charge is 0.309 e. The van der Waals surface area contributed by atoms with Gasteiger partial charge < -0.3 is 5.32 Å². The van der Waals surface area contributed by atoms with Gasteiger partial charge in [0.15, 0.2) is 5.01 Å². The van der Waals surface area contributed by atoms with Crippen LogP contribution in [0.25, 0.3) is 0 Å². The van der Waals surface area contributed by atoms with Crippen molar-refractivity contribution in [2.24, 2.45) is 0 Å². The van der Waals surface area contributed by atoms with Gasteiger partial charge in [0.1, 0.15) is 0 Å². The van der Waals surface area contributed by atoms with E-state index in [1.54, 1.807) is 0 Å². The van der Waals surface area contributed by atoms with Gasteiger partial charge in [-0.1, -0.05) is 13.8 Å². The zero-order valence-corrected chi connectivity index (χ0v) is 13.7. The molecule has 0 amide bonds. The van der Waals surface area contributed by atoms with Gasteiger partial charge in [0, 0.05) is 33.1 Å². The molecule has 1 N–H and O–H groups in total. The topological polar surface area (TPSA) is 24.9 Å². The van der Waals surface area contributed by atoms with E-state index in [9.17, 15) is 13.2 Å². The highest BCUT2D eigenvalue weighted by atomic mass is 32.2. The highest BCUT2D eigenvalue weighted by molar-refractivity contribution is 8.07. The van der Waals surface area contributed by atoms with Crippen LogP contribution in [-0.2, 0) is 6.18 Å². The summed E-state index contributed by atoms with van der Waals surface area (Å²) in [7, 11) is 0. The predicted molar refractivity (Wildman–Crippen MR) is 81.7 cm³/mol. The first-order valence-corrected chi connectivity index (χ1v) is 9.34. The molecule has 2 nitrogen and oxygen atoms in total. The maximum Gasteiger partial charge on any atom is 0.443 e. The zero-order chi connectivity index (χ0) is 14.8. The minimum absolute atomic E-state index is 0.0543. The number of halogens is 3. The summed E-state index contributed by atoms with van der Waals surface area (Å²) in [5, 5.41) is 3.29. The summed E-state index contributed by atoms with van der Waals surface area (Å²) in [5.41, 5.74) is 0. The van der Waals surface area contributed by atoms with E-state index in [-0.39, 0.29) is 11.3 Å². The van der Waals surface area contributed by atoms with Crippen LogP contribution in [0.3, 0.4) is 0 Å². The van der Waals surface area contributed by atoms with Crippen molar-refractivity contribution in [3.63, 3.8) is 0 Å². The van der Waals surface area contributed by atoms with Crippen molar-refractivity contribution >= 4 is 34.9 Å². The molecule has 1 aliphatic rings. The molecule has 2 rings (SSSR count). The van der Waals surface area contributed by atoms with Crippen molar-refractivity contribution in [3.05, 3.63) is 16.1 Å². The normalized spacial score (nSPS) is 25.6. The molecular formula is C12H17F3N2S3. The van der Waals surface area contributed by atoms with Gasteiger partial charge in [-0.05, 0) is 6.54 Å². The summed E-state index contributed by atoms with van der Waals surface area (Å²) < 4.78 is 38.1. The number of thiazole rings is 1. The van der Waals surface area contributed by atoms with E-state index in [0.717, 1.165) is 29.4 Å². The number of hydrogen-bond acceptors (Lipinski definition) is 5. The van der Waals surface area contributed by atoms with Gasteiger partial charge in [-0.3, -0.25) is 0 Å². The lowest BCUT2D eigenvalue weighted by molar-refractivity contribution is -0.137. The quantitative estimate of drug-likeness (QED) is 0.892. The molecule has 0 radical (unpaired) electrons. The Bertz CT molecular complexity index is 436. The number of aromatic nitrogens is 1. The van der Waals surface area contributed by atoms with E-state index in [0.29, 0.717) is 10.1 Å². The number of alkyl halides is 3. The second-order valence-corrected chi connectivity index (χ2v) is 8.35. The SMILES string of the molecule is CCNC(c1cnc(C(F)(F)F)s1)C1SCCSC1C. The van der Waals surface area contributed by atoms with Crippen molar-refractivity contribution < 1.29 is 13.2 Å². The van der Waals surface area contributed by atoms with Gasteiger partial charge in [0.05, 0.1) is 6.04 Å². The monoisotopic (exact) mass is 342 g/mol. The molecule has 20 heavy (non-hydrogen) atoms. The highest BCUT2D eigenvalue weighted by Gasteiger charge is 2.37. The lowest BCUT2D eigenvalue weighted by Crippen LogP contribution is -2.37. The molecule has 1 fully saturated rings. The van der Waals surface area contributed by atoms with Gasteiger partial charge in [-0.2, -0.15) is 36.7 Å². The average Bonchev–Trinajstić information content (AvgIpc) is 2.86. The lowest BCUT2D eigenvalue weighted by atomic mass is 10.1. The maximum absolute atomic E-state index is 12.7. The molecule has 1 aromatic heterocycles. The van der Waals surface area contributed by atoms with Crippen LogP contribution >= 0.6 is 34.9 Å². The van der Waals surface area contributed by atoms with E-state index in [2.05, 4.69) is 17.2 Å². The molecule has 0 aromatic carbocycles. The minimum Gasteiger partial charge on any atom is -0.309 e. The van der Waals surface area contributed by atoms with E-state index in [1.165, 1.54) is 6.20 Å². The largest absolute Gasteiger partial charge is 0.443 e. The summed E-state index contributed by atoms with van der Waals surface area (Å²) >= 11 is 4.50. The van der Waals surface area contributed by atoms with E-state index in [4.69, 9.17) is 0 Å². The Balaban J connectivity index is 2.21. The Morgan fingerprint density at radius 1 is 1.40 bits per heavy atom. The summed E-state index contributed by atoms with van der Waals surface area (Å²) in [6.07, 6.45) is -2.97. The first-order valence-electron chi connectivity index (χ1n) is 6.43. The van der Waals surface area contributed by atoms with Gasteiger partial charge in [-0.15, -0.1) is 11.3 Å². The second-order valence-electron chi connectivity index (χ2n) is 4.51. The standard InChI is InChI=1S/C12H17F3N2S3/c1-3-16-9(10-7(2)18-4-5-19-10)8-6-17-11(20-8)12(13,14)15/h6-7,9-10,16H,3-5H2,1-2H3. The average molecular weight is 342 g/mol. The Morgan fingerprint density at radius 3 is 2.65 bits per heavy atom. The lowest BCUT2D eigenvalue weighted by Gasteiger charge is -2.34. The maximum atomic E-state index is 12.7. The molecule has 1 aromatic rings. The van der Waals surface area contributed by atoms with Crippen LogP contribution in [0.2, 0.25) is 0 Å². The Labute approximate surface area is 129 Å². The van der Waals surface area contributed by atoms with Crippen LogP contribution in [0.15, 0.2) is 6.20 Å². The van der Waals surface area contributed by atoms with Crippen LogP contribution in [0.1, 0.15) is 29.8 Å². The Kier molecular flexibility index (Phi) is 5.67. The van der Waals surface area contributed by atoms with Crippen LogP contribution in [-0.4, -0.2) is 33.5 Å². The van der Waals surface area contributed by atoms with Crippen molar-refractivity contribution in [1.29, 1.82) is 0 Å². The minimum atomic E-state index is -4.35. The first kappa shape index (κ1) is 16.5. The number of rotatable bonds is 4. The number of nitrogens with zero attached hydrogens (tertiary/aromatic N) is 1. The molecule has 0 bridgehead atoms. The molecule has 3 unspecified atom stereocenters. The molecule has 0 aliphatic carbocycles. The van der Waals surface area contributed by atoms with Gasteiger partial charge >= 0.3 is 6.18 Å². The molecule has 1 aliphatic heterocycles. The summed E-state index contributed by atoms with van der Waals surface area (Å²) in [6, 6.07) is -0.0543. The molecule has 2 heterocycles. The summed E-state index contributed by atoms with van der Waals surface area (Å²) in [6.45, 7) is 4.86. The zero-order valence-electron chi connectivity index (χ0n) is 11.2. The fourth-order valence-electron chi connectivity index (χ4n) is 2.18. The number of hydrogen-bond donors (Lipinski definition) is 1. The van der Waals surface area contributed by atoms with Gasteiger partial charge in [0.2, 0.25) is 0 Å². The first-order chi connectivity index (χ1) is 9.43. The predicted octanol–water partition coefficient (Wildman–Crippen LogP) is 4.05. The molecule has 0 saturated carbocycles. The van der Waals surface area contributed by atoms with Crippen LogP contribution < -0.4 is 5.32 Å². The molecule has 1 saturated heterocycles. The van der Waals surface area contributed by atoms with Gasteiger partial charge in [-0.25, -0.2) is 4.98 Å². The van der Waals surface area contributed by atoms with E-state index < -0.39 is 11.2 Å². The van der Waals surface area contributed by atoms with Gasteiger partial charge in [0.25, 0.3) is 0 Å². The van der Waals surface area contributed by atoms with E-state index >= 15 is 0 Å². The molecule has 114 valence electrons. The van der Waals surface area contributed by atoms with Crippen molar-refractivity contribution in [2.45, 2.75) is 36.6 Å². The fourth-order valence-corrected chi connectivity index (χ4v) is 6.11. The number of nitrogens with one attached hydrogen (secondary N) is 1. The molecule has 8 heteroatoms. The third kappa shape index (κ3) is 3.84. The third-order valence-electron chi connectivity index (χ3n) is 3.06. The molecule has 3 atom stereocenters. The highest BCUT2D eigenvalue weighted by Crippen LogP contribution is 2.41. The van der Waals surface area contributed by atoms with Crippen molar-refractivity contribution in [1.82, 2.24) is 10.3 Å². The molecule has 0 spiro atoms. The van der Waals surface area contributed by atoms with Crippen LogP contribution in [0.4, 0.5) is 13.2 Å². The second kappa shape index (κ2) is 6.89. The third-order valence-corrected chi connectivity index (χ3v) is 7.38. The Hall–Kier alpha value is 0.0800. The van der Waals surface area contributed by atoms with Crippen molar-refractivity contribution in [3.8, 4) is 0 Å². The van der Waals surface area contributed by atoms with Crippen LogP contribution in [0.5, 0.6) is 0 Å². The fraction of sp³-hybridized carbons (Fsp3) is 0.750. The number of thioether (sulfide) groups is 2.